The summed E-state index contributed by atoms with van der Waals surface area (Å²) >= 11 is 0. The molecule has 1 aromatic heterocycles. The lowest BCUT2D eigenvalue weighted by atomic mass is 10.2. The maximum Gasteiger partial charge on any atom is 0.253 e. The van der Waals surface area contributed by atoms with E-state index in [1.807, 2.05) is 0 Å². The van der Waals surface area contributed by atoms with Crippen LogP contribution < -0.4 is 10.1 Å². The molecule has 0 unspecified atom stereocenters. The number of pyridine rings is 1. The highest BCUT2D eigenvalue weighted by Gasteiger charge is 2.07. The molecule has 0 aliphatic carbocycles. The van der Waals surface area contributed by atoms with Crippen LogP contribution in [0.4, 0.5) is 4.39 Å². The predicted octanol–water partition coefficient (Wildman–Crippen LogP) is 2.58. The van der Waals surface area contributed by atoms with Crippen molar-refractivity contribution >= 4 is 18.3 Å². The van der Waals surface area contributed by atoms with Gasteiger partial charge in [-0.05, 0) is 29.8 Å². The van der Waals surface area contributed by atoms with Crippen LogP contribution in [-0.2, 0) is 6.54 Å². The molecule has 0 saturated carbocycles. The molecular formula is C14H14ClFN2O2. The third-order valence-corrected chi connectivity index (χ3v) is 2.59. The van der Waals surface area contributed by atoms with Crippen molar-refractivity contribution in [2.75, 3.05) is 7.11 Å². The largest absolute Gasteiger partial charge is 0.494 e. The van der Waals surface area contributed by atoms with Gasteiger partial charge in [-0.15, -0.1) is 12.4 Å². The van der Waals surface area contributed by atoms with Crippen molar-refractivity contribution in [2.45, 2.75) is 6.54 Å². The second-order valence-corrected chi connectivity index (χ2v) is 3.89. The monoisotopic (exact) mass is 296 g/mol. The standard InChI is InChI=1S/C14H13FN2O2.ClH/c1-19-13-5-4-10(7-12(13)15)8-17-14(18)11-3-2-6-16-9-11;/h2-7,9H,8H2,1H3,(H,17,18);1H. The average Bonchev–Trinajstić information content (AvgIpc) is 2.46. The van der Waals surface area contributed by atoms with Crippen molar-refractivity contribution in [1.29, 1.82) is 0 Å². The Labute approximate surface area is 122 Å². The molecule has 0 aliphatic heterocycles. The van der Waals surface area contributed by atoms with Crippen LogP contribution in [0.15, 0.2) is 42.7 Å². The second kappa shape index (κ2) is 7.45. The van der Waals surface area contributed by atoms with Crippen molar-refractivity contribution in [1.82, 2.24) is 10.3 Å². The zero-order valence-electron chi connectivity index (χ0n) is 10.8. The number of carbonyl (C=O) groups excluding carboxylic acids is 1. The van der Waals surface area contributed by atoms with Gasteiger partial charge in [-0.1, -0.05) is 6.07 Å². The summed E-state index contributed by atoms with van der Waals surface area (Å²) in [4.78, 5) is 15.6. The summed E-state index contributed by atoms with van der Waals surface area (Å²) in [5.74, 6) is -0.512. The smallest absolute Gasteiger partial charge is 0.253 e. The maximum atomic E-state index is 13.5. The van der Waals surface area contributed by atoms with Gasteiger partial charge in [0.15, 0.2) is 11.6 Å². The number of ether oxygens (including phenoxy) is 1. The van der Waals surface area contributed by atoms with E-state index in [2.05, 4.69) is 10.3 Å². The van der Waals surface area contributed by atoms with Crippen LogP contribution in [0.2, 0.25) is 0 Å². The van der Waals surface area contributed by atoms with Gasteiger partial charge in [0, 0.05) is 18.9 Å². The summed E-state index contributed by atoms with van der Waals surface area (Å²) in [5.41, 5.74) is 1.13. The lowest BCUT2D eigenvalue weighted by Gasteiger charge is -2.07. The number of nitrogens with zero attached hydrogens (tertiary/aromatic N) is 1. The fraction of sp³-hybridized carbons (Fsp3) is 0.143. The molecule has 1 aromatic carbocycles. The minimum atomic E-state index is -0.448. The van der Waals surface area contributed by atoms with Gasteiger partial charge in [0.2, 0.25) is 0 Å². The van der Waals surface area contributed by atoms with Gasteiger partial charge in [-0.3, -0.25) is 9.78 Å². The molecule has 0 saturated heterocycles. The van der Waals surface area contributed by atoms with Gasteiger partial charge in [0.05, 0.1) is 12.7 Å². The molecule has 0 atom stereocenters. The van der Waals surface area contributed by atoms with E-state index in [1.165, 1.54) is 25.4 Å². The van der Waals surface area contributed by atoms with E-state index in [-0.39, 0.29) is 30.6 Å². The van der Waals surface area contributed by atoms with Crippen LogP contribution in [0.5, 0.6) is 5.75 Å². The first-order valence-electron chi connectivity index (χ1n) is 5.71. The molecule has 1 amide bonds. The van der Waals surface area contributed by atoms with Gasteiger partial charge in [0.25, 0.3) is 5.91 Å². The third-order valence-electron chi connectivity index (χ3n) is 2.59. The van der Waals surface area contributed by atoms with Crippen molar-refractivity contribution in [3.8, 4) is 5.75 Å². The maximum absolute atomic E-state index is 13.5. The Balaban J connectivity index is 0.00000200. The number of methoxy groups -OCH3 is 1. The van der Waals surface area contributed by atoms with E-state index in [9.17, 15) is 9.18 Å². The number of hydrogen-bond acceptors (Lipinski definition) is 3. The van der Waals surface area contributed by atoms with Gasteiger partial charge >= 0.3 is 0 Å². The van der Waals surface area contributed by atoms with Gasteiger partial charge < -0.3 is 10.1 Å². The SMILES string of the molecule is COc1ccc(CNC(=O)c2cccnc2)cc1F.Cl. The number of halogens is 2. The molecule has 2 aromatic rings. The fourth-order valence-corrected chi connectivity index (χ4v) is 1.60. The summed E-state index contributed by atoms with van der Waals surface area (Å²) in [6.45, 7) is 0.245. The molecule has 1 N–H and O–H groups in total. The van der Waals surface area contributed by atoms with Crippen LogP contribution in [0.25, 0.3) is 0 Å². The molecule has 106 valence electrons. The molecule has 2 rings (SSSR count). The topological polar surface area (TPSA) is 51.2 Å². The minimum absolute atomic E-state index is 0. The first-order valence-corrected chi connectivity index (χ1v) is 5.71. The van der Waals surface area contributed by atoms with Crippen LogP contribution in [0.3, 0.4) is 0 Å². The Hall–Kier alpha value is -2.14. The number of hydrogen-bond donors (Lipinski definition) is 1. The summed E-state index contributed by atoms with van der Waals surface area (Å²) in [6, 6.07) is 7.91. The molecule has 0 bridgehead atoms. The molecular weight excluding hydrogens is 283 g/mol. The highest BCUT2D eigenvalue weighted by atomic mass is 35.5. The Morgan fingerprint density at radius 3 is 2.80 bits per heavy atom. The van der Waals surface area contributed by atoms with E-state index in [0.717, 1.165) is 0 Å². The number of aromatic nitrogens is 1. The van der Waals surface area contributed by atoms with Crippen molar-refractivity contribution in [2.24, 2.45) is 0 Å². The molecule has 0 fully saturated rings. The van der Waals surface area contributed by atoms with Crippen molar-refractivity contribution < 1.29 is 13.9 Å². The zero-order chi connectivity index (χ0) is 13.7. The van der Waals surface area contributed by atoms with Gasteiger partial charge in [0.1, 0.15) is 0 Å². The quantitative estimate of drug-likeness (QED) is 0.943. The van der Waals surface area contributed by atoms with Crippen LogP contribution >= 0.6 is 12.4 Å². The molecule has 20 heavy (non-hydrogen) atoms. The van der Waals surface area contributed by atoms with Crippen LogP contribution in [0, 0.1) is 5.82 Å². The molecule has 6 heteroatoms. The van der Waals surface area contributed by atoms with Gasteiger partial charge in [-0.2, -0.15) is 0 Å². The van der Waals surface area contributed by atoms with Crippen molar-refractivity contribution in [3.05, 3.63) is 59.7 Å². The molecule has 0 spiro atoms. The minimum Gasteiger partial charge on any atom is -0.494 e. The van der Waals surface area contributed by atoms with Crippen LogP contribution in [0.1, 0.15) is 15.9 Å². The second-order valence-electron chi connectivity index (χ2n) is 3.89. The first kappa shape index (κ1) is 15.9. The Morgan fingerprint density at radius 2 is 2.20 bits per heavy atom. The summed E-state index contributed by atoms with van der Waals surface area (Å²) in [7, 11) is 1.41. The number of carbonyl (C=O) groups is 1. The Bertz CT molecular complexity index is 579. The van der Waals surface area contributed by atoms with E-state index in [0.29, 0.717) is 11.1 Å². The van der Waals surface area contributed by atoms with E-state index in [1.54, 1.807) is 24.4 Å². The Kier molecular flexibility index (Phi) is 5.93. The molecule has 0 aliphatic rings. The highest BCUT2D eigenvalue weighted by Crippen LogP contribution is 2.17. The number of nitrogens with one attached hydrogen (secondary N) is 1. The molecule has 4 nitrogen and oxygen atoms in total. The van der Waals surface area contributed by atoms with E-state index < -0.39 is 5.82 Å². The lowest BCUT2D eigenvalue weighted by Crippen LogP contribution is -2.22. The fourth-order valence-electron chi connectivity index (χ4n) is 1.60. The predicted molar refractivity (Wildman–Crippen MR) is 75.6 cm³/mol. The van der Waals surface area contributed by atoms with Crippen LogP contribution in [-0.4, -0.2) is 18.0 Å². The average molecular weight is 297 g/mol. The number of benzene rings is 1. The first-order chi connectivity index (χ1) is 9.20. The molecule has 1 heterocycles. The summed E-state index contributed by atoms with van der Waals surface area (Å²) < 4.78 is 18.3. The normalized spacial score (nSPS) is 9.50. The number of amides is 1. The van der Waals surface area contributed by atoms with E-state index in [4.69, 9.17) is 4.74 Å². The highest BCUT2D eigenvalue weighted by molar-refractivity contribution is 5.93. The van der Waals surface area contributed by atoms with Gasteiger partial charge in [-0.25, -0.2) is 4.39 Å². The zero-order valence-corrected chi connectivity index (χ0v) is 11.6. The van der Waals surface area contributed by atoms with E-state index >= 15 is 0 Å². The lowest BCUT2D eigenvalue weighted by molar-refractivity contribution is 0.0950. The Morgan fingerprint density at radius 1 is 1.40 bits per heavy atom. The molecule has 0 radical (unpaired) electrons. The summed E-state index contributed by atoms with van der Waals surface area (Å²) in [6.07, 6.45) is 3.07. The van der Waals surface area contributed by atoms with Crippen molar-refractivity contribution in [3.63, 3.8) is 0 Å². The summed E-state index contributed by atoms with van der Waals surface area (Å²) in [5, 5.41) is 2.69. The number of rotatable bonds is 4. The third kappa shape index (κ3) is 3.93.